The zero-order chi connectivity index (χ0) is 18.2. The summed E-state index contributed by atoms with van der Waals surface area (Å²) in [5.41, 5.74) is 0.378. The molecule has 0 aromatic heterocycles. The summed E-state index contributed by atoms with van der Waals surface area (Å²) in [6, 6.07) is 9.55. The quantitative estimate of drug-likeness (QED) is 0.820. The summed E-state index contributed by atoms with van der Waals surface area (Å²) in [4.78, 5) is 36.6. The van der Waals surface area contributed by atoms with Gasteiger partial charge in [-0.25, -0.2) is 4.79 Å². The van der Waals surface area contributed by atoms with Gasteiger partial charge in [-0.1, -0.05) is 30.3 Å². The van der Waals surface area contributed by atoms with Crippen LogP contribution in [0.2, 0.25) is 0 Å². The van der Waals surface area contributed by atoms with E-state index < -0.39 is 17.6 Å². The number of likely N-dealkylation sites (N-methyl/N-ethyl adjacent to an activating group) is 1. The molecule has 0 bridgehead atoms. The molecule has 132 valence electrons. The van der Waals surface area contributed by atoms with Gasteiger partial charge in [-0.15, -0.1) is 0 Å². The number of hydrogen-bond donors (Lipinski definition) is 2. The minimum atomic E-state index is -0.676. The van der Waals surface area contributed by atoms with Crippen molar-refractivity contribution in [3.63, 3.8) is 0 Å². The number of hydrogen-bond acceptors (Lipinski definition) is 4. The summed E-state index contributed by atoms with van der Waals surface area (Å²) >= 11 is 0. The highest BCUT2D eigenvalue weighted by Gasteiger charge is 2.17. The zero-order valence-corrected chi connectivity index (χ0v) is 14.6. The summed E-state index contributed by atoms with van der Waals surface area (Å²) < 4.78 is 5.01. The number of carbonyl (C=O) groups is 3. The SMILES string of the molecule is CN(Cc1ccccc1)C(=O)CNC(=O)CNC(=O)OC(C)(C)C. The Morgan fingerprint density at radius 2 is 1.67 bits per heavy atom. The zero-order valence-electron chi connectivity index (χ0n) is 14.6. The van der Waals surface area contributed by atoms with Crippen LogP contribution >= 0.6 is 0 Å². The number of benzene rings is 1. The average Bonchev–Trinajstić information content (AvgIpc) is 2.49. The Kier molecular flexibility index (Phi) is 7.23. The van der Waals surface area contributed by atoms with E-state index in [4.69, 9.17) is 4.74 Å². The minimum absolute atomic E-state index is 0.127. The molecule has 0 radical (unpaired) electrons. The van der Waals surface area contributed by atoms with Gasteiger partial charge in [0.1, 0.15) is 12.1 Å². The van der Waals surface area contributed by atoms with E-state index in [0.717, 1.165) is 5.56 Å². The van der Waals surface area contributed by atoms with Gasteiger partial charge in [0.15, 0.2) is 0 Å². The maximum absolute atomic E-state index is 12.0. The van der Waals surface area contributed by atoms with E-state index in [2.05, 4.69) is 10.6 Å². The van der Waals surface area contributed by atoms with Gasteiger partial charge in [0, 0.05) is 13.6 Å². The standard InChI is InChI=1S/C17H25N3O4/c1-17(2,3)24-16(23)19-10-14(21)18-11-15(22)20(4)12-13-8-6-5-7-9-13/h5-9H,10-12H2,1-4H3,(H,18,21)(H,19,23). The van der Waals surface area contributed by atoms with Crippen LogP contribution in [0, 0.1) is 0 Å². The molecule has 24 heavy (non-hydrogen) atoms. The van der Waals surface area contributed by atoms with Gasteiger partial charge in [0.25, 0.3) is 0 Å². The van der Waals surface area contributed by atoms with Crippen LogP contribution in [0.15, 0.2) is 30.3 Å². The fourth-order valence-electron chi connectivity index (χ4n) is 1.78. The Hall–Kier alpha value is -2.57. The van der Waals surface area contributed by atoms with Crippen LogP contribution in [0.3, 0.4) is 0 Å². The van der Waals surface area contributed by atoms with Crippen LogP contribution in [0.25, 0.3) is 0 Å². The first-order valence-corrected chi connectivity index (χ1v) is 7.69. The second-order valence-corrected chi connectivity index (χ2v) is 6.37. The van der Waals surface area contributed by atoms with E-state index in [-0.39, 0.29) is 19.0 Å². The molecule has 3 amide bonds. The van der Waals surface area contributed by atoms with E-state index in [1.807, 2.05) is 30.3 Å². The lowest BCUT2D eigenvalue weighted by molar-refractivity contribution is -0.132. The highest BCUT2D eigenvalue weighted by Crippen LogP contribution is 2.06. The largest absolute Gasteiger partial charge is 0.444 e. The molecule has 1 rings (SSSR count). The van der Waals surface area contributed by atoms with Crippen LogP contribution in [0.1, 0.15) is 26.3 Å². The molecule has 0 atom stereocenters. The monoisotopic (exact) mass is 335 g/mol. The van der Waals surface area contributed by atoms with E-state index in [0.29, 0.717) is 6.54 Å². The van der Waals surface area contributed by atoms with E-state index >= 15 is 0 Å². The molecule has 2 N–H and O–H groups in total. The first-order valence-electron chi connectivity index (χ1n) is 7.69. The van der Waals surface area contributed by atoms with Crippen molar-refractivity contribution in [3.8, 4) is 0 Å². The normalized spacial score (nSPS) is 10.7. The van der Waals surface area contributed by atoms with Crippen LogP contribution in [0.5, 0.6) is 0 Å². The van der Waals surface area contributed by atoms with Crippen LogP contribution in [0.4, 0.5) is 4.79 Å². The van der Waals surface area contributed by atoms with Gasteiger partial charge >= 0.3 is 6.09 Å². The number of rotatable bonds is 6. The van der Waals surface area contributed by atoms with Gasteiger partial charge < -0.3 is 20.3 Å². The Balaban J connectivity index is 2.28. The highest BCUT2D eigenvalue weighted by molar-refractivity contribution is 5.87. The molecule has 1 aromatic rings. The Morgan fingerprint density at radius 3 is 2.25 bits per heavy atom. The van der Waals surface area contributed by atoms with Crippen LogP contribution in [-0.2, 0) is 20.9 Å². The maximum Gasteiger partial charge on any atom is 0.408 e. The third-order valence-electron chi connectivity index (χ3n) is 2.92. The Bertz CT molecular complexity index is 567. The van der Waals surface area contributed by atoms with Gasteiger partial charge in [-0.3, -0.25) is 9.59 Å². The van der Waals surface area contributed by atoms with Crippen molar-refractivity contribution < 1.29 is 19.1 Å². The second kappa shape index (κ2) is 8.90. The number of nitrogens with one attached hydrogen (secondary N) is 2. The van der Waals surface area contributed by atoms with Crippen molar-refractivity contribution in [2.75, 3.05) is 20.1 Å². The smallest absolute Gasteiger partial charge is 0.408 e. The lowest BCUT2D eigenvalue weighted by atomic mass is 10.2. The number of amides is 3. The molecule has 0 heterocycles. The first-order chi connectivity index (χ1) is 11.2. The number of nitrogens with zero attached hydrogens (tertiary/aromatic N) is 1. The summed E-state index contributed by atoms with van der Waals surface area (Å²) in [6.45, 7) is 5.28. The predicted molar refractivity (Wildman–Crippen MR) is 90.2 cm³/mol. The van der Waals surface area contributed by atoms with Crippen molar-refractivity contribution in [2.24, 2.45) is 0 Å². The number of alkyl carbamates (subject to hydrolysis) is 1. The minimum Gasteiger partial charge on any atom is -0.444 e. The molecule has 0 aliphatic rings. The fraction of sp³-hybridized carbons (Fsp3) is 0.471. The number of ether oxygens (including phenoxy) is 1. The molecule has 0 saturated heterocycles. The van der Waals surface area contributed by atoms with Crippen molar-refractivity contribution >= 4 is 17.9 Å². The van der Waals surface area contributed by atoms with Crippen LogP contribution in [-0.4, -0.2) is 48.5 Å². The highest BCUT2D eigenvalue weighted by atomic mass is 16.6. The van der Waals surface area contributed by atoms with Crippen molar-refractivity contribution in [2.45, 2.75) is 32.9 Å². The molecular formula is C17H25N3O4. The molecule has 0 saturated carbocycles. The third-order valence-corrected chi connectivity index (χ3v) is 2.92. The molecule has 1 aromatic carbocycles. The van der Waals surface area contributed by atoms with Gasteiger partial charge in [0.05, 0.1) is 6.54 Å². The van der Waals surface area contributed by atoms with E-state index in [1.165, 1.54) is 4.90 Å². The fourth-order valence-corrected chi connectivity index (χ4v) is 1.78. The summed E-state index contributed by atoms with van der Waals surface area (Å²) in [5, 5.41) is 4.80. The molecule has 0 fully saturated rings. The molecule has 7 heteroatoms. The summed E-state index contributed by atoms with van der Waals surface area (Å²) in [5.74, 6) is -0.674. The predicted octanol–water partition coefficient (Wildman–Crippen LogP) is 1.29. The second-order valence-electron chi connectivity index (χ2n) is 6.37. The summed E-state index contributed by atoms with van der Waals surface area (Å²) in [6.07, 6.45) is -0.676. The third kappa shape index (κ3) is 8.17. The van der Waals surface area contributed by atoms with E-state index in [9.17, 15) is 14.4 Å². The van der Waals surface area contributed by atoms with Gasteiger partial charge in [0.2, 0.25) is 11.8 Å². The lowest BCUT2D eigenvalue weighted by Gasteiger charge is -2.20. The van der Waals surface area contributed by atoms with E-state index in [1.54, 1.807) is 27.8 Å². The van der Waals surface area contributed by atoms with Crippen molar-refractivity contribution in [3.05, 3.63) is 35.9 Å². The summed E-state index contributed by atoms with van der Waals surface area (Å²) in [7, 11) is 1.67. The Labute approximate surface area is 142 Å². The maximum atomic E-state index is 12.0. The number of carbonyl (C=O) groups excluding carboxylic acids is 3. The molecule has 0 aliphatic heterocycles. The molecule has 0 spiro atoms. The van der Waals surface area contributed by atoms with Crippen molar-refractivity contribution in [1.82, 2.24) is 15.5 Å². The lowest BCUT2D eigenvalue weighted by Crippen LogP contribution is -2.43. The molecule has 0 unspecified atom stereocenters. The Morgan fingerprint density at radius 1 is 1.04 bits per heavy atom. The van der Waals surface area contributed by atoms with Crippen LogP contribution < -0.4 is 10.6 Å². The van der Waals surface area contributed by atoms with Crippen molar-refractivity contribution in [1.29, 1.82) is 0 Å². The average molecular weight is 335 g/mol. The van der Waals surface area contributed by atoms with Gasteiger partial charge in [-0.2, -0.15) is 0 Å². The molecule has 7 nitrogen and oxygen atoms in total. The van der Waals surface area contributed by atoms with Gasteiger partial charge in [-0.05, 0) is 26.3 Å². The molecule has 0 aliphatic carbocycles. The molecular weight excluding hydrogens is 310 g/mol. The topological polar surface area (TPSA) is 87.7 Å². The first kappa shape index (κ1) is 19.5.